The lowest BCUT2D eigenvalue weighted by atomic mass is 10.2. The molecule has 1 amide bonds. The number of hydrogen-bond donors (Lipinski definition) is 1. The third-order valence-electron chi connectivity index (χ3n) is 3.37. The van der Waals surface area contributed by atoms with Gasteiger partial charge in [0.05, 0.1) is 13.2 Å². The number of benzene rings is 1. The van der Waals surface area contributed by atoms with Crippen LogP contribution in [0.5, 0.6) is 5.88 Å². The Labute approximate surface area is 131 Å². The van der Waals surface area contributed by atoms with E-state index in [0.717, 1.165) is 18.6 Å². The minimum atomic E-state index is -0.841. The van der Waals surface area contributed by atoms with Crippen molar-refractivity contribution < 1.29 is 23.0 Å². The molecule has 120 valence electrons. The van der Waals surface area contributed by atoms with Crippen LogP contribution in [0, 0.1) is 11.6 Å². The third-order valence-corrected chi connectivity index (χ3v) is 3.37. The van der Waals surface area contributed by atoms with Gasteiger partial charge in [-0.25, -0.2) is 13.8 Å². The number of para-hydroxylation sites is 1. The van der Waals surface area contributed by atoms with Gasteiger partial charge in [0.15, 0.2) is 0 Å². The van der Waals surface area contributed by atoms with Crippen LogP contribution >= 0.6 is 0 Å². The van der Waals surface area contributed by atoms with E-state index in [4.69, 9.17) is 9.47 Å². The highest BCUT2D eigenvalue weighted by Crippen LogP contribution is 2.20. The first-order valence-electron chi connectivity index (χ1n) is 7.09. The number of hydrogen-bond acceptors (Lipinski definition) is 4. The quantitative estimate of drug-likeness (QED) is 0.941. The number of amides is 1. The largest absolute Gasteiger partial charge is 0.472 e. The summed E-state index contributed by atoms with van der Waals surface area (Å²) < 4.78 is 37.9. The average Bonchev–Trinajstić information content (AvgIpc) is 3.04. The SMILES string of the molecule is O=C(Nc1c(F)cccc1F)c1ccnc(O[C@H]2CCOC2)c1. The van der Waals surface area contributed by atoms with Crippen LogP contribution in [0.3, 0.4) is 0 Å². The fourth-order valence-corrected chi connectivity index (χ4v) is 2.19. The number of pyridine rings is 1. The smallest absolute Gasteiger partial charge is 0.256 e. The van der Waals surface area contributed by atoms with Crippen molar-refractivity contribution in [2.75, 3.05) is 18.5 Å². The van der Waals surface area contributed by atoms with Crippen molar-refractivity contribution in [2.24, 2.45) is 0 Å². The van der Waals surface area contributed by atoms with Crippen molar-refractivity contribution in [1.82, 2.24) is 4.98 Å². The Hall–Kier alpha value is -2.54. The van der Waals surface area contributed by atoms with Crippen molar-refractivity contribution >= 4 is 11.6 Å². The van der Waals surface area contributed by atoms with Gasteiger partial charge in [-0.1, -0.05) is 6.07 Å². The molecule has 1 saturated heterocycles. The second-order valence-electron chi connectivity index (χ2n) is 5.04. The highest BCUT2D eigenvalue weighted by molar-refractivity contribution is 6.04. The highest BCUT2D eigenvalue weighted by Gasteiger charge is 2.19. The fourth-order valence-electron chi connectivity index (χ4n) is 2.19. The average molecular weight is 320 g/mol. The number of halogens is 2. The van der Waals surface area contributed by atoms with Gasteiger partial charge in [0.25, 0.3) is 5.91 Å². The summed E-state index contributed by atoms with van der Waals surface area (Å²) in [6.45, 7) is 1.09. The van der Waals surface area contributed by atoms with E-state index in [1.54, 1.807) is 0 Å². The summed E-state index contributed by atoms with van der Waals surface area (Å²) in [4.78, 5) is 16.2. The van der Waals surface area contributed by atoms with Crippen molar-refractivity contribution in [3.63, 3.8) is 0 Å². The van der Waals surface area contributed by atoms with Crippen LogP contribution in [0.15, 0.2) is 36.5 Å². The van der Waals surface area contributed by atoms with E-state index in [9.17, 15) is 13.6 Å². The van der Waals surface area contributed by atoms with Crippen molar-refractivity contribution in [2.45, 2.75) is 12.5 Å². The first kappa shape index (κ1) is 15.4. The molecule has 23 heavy (non-hydrogen) atoms. The lowest BCUT2D eigenvalue weighted by Crippen LogP contribution is -2.18. The molecule has 3 rings (SSSR count). The predicted octanol–water partition coefficient (Wildman–Crippen LogP) is 2.78. The zero-order valence-corrected chi connectivity index (χ0v) is 12.1. The Kier molecular flexibility index (Phi) is 4.47. The first-order chi connectivity index (χ1) is 11.1. The van der Waals surface area contributed by atoms with Gasteiger partial charge in [0.1, 0.15) is 23.4 Å². The lowest BCUT2D eigenvalue weighted by Gasteiger charge is -2.12. The van der Waals surface area contributed by atoms with Crippen LogP contribution in [0.2, 0.25) is 0 Å². The second-order valence-corrected chi connectivity index (χ2v) is 5.04. The number of nitrogens with zero attached hydrogens (tertiary/aromatic N) is 1. The topological polar surface area (TPSA) is 60.5 Å². The van der Waals surface area contributed by atoms with Crippen LogP contribution in [0.25, 0.3) is 0 Å². The van der Waals surface area contributed by atoms with Crippen molar-refractivity contribution in [3.8, 4) is 5.88 Å². The Bertz CT molecular complexity index is 698. The standard InChI is InChI=1S/C16H14F2N2O3/c17-12-2-1-3-13(18)15(12)20-16(21)10-4-6-19-14(8-10)23-11-5-7-22-9-11/h1-4,6,8,11H,5,7,9H2,(H,20,21)/t11-/m0/s1. The molecule has 1 aliphatic heterocycles. The van der Waals surface area contributed by atoms with E-state index >= 15 is 0 Å². The molecule has 7 heteroatoms. The Morgan fingerprint density at radius 3 is 2.78 bits per heavy atom. The summed E-state index contributed by atoms with van der Waals surface area (Å²) >= 11 is 0. The molecule has 1 aliphatic rings. The van der Waals surface area contributed by atoms with Crippen LogP contribution in [0.1, 0.15) is 16.8 Å². The van der Waals surface area contributed by atoms with Gasteiger partial charge in [0, 0.05) is 24.2 Å². The number of carbonyl (C=O) groups is 1. The molecule has 0 saturated carbocycles. The molecule has 1 N–H and O–H groups in total. The lowest BCUT2D eigenvalue weighted by molar-refractivity contribution is 0.102. The zero-order valence-electron chi connectivity index (χ0n) is 12.1. The van der Waals surface area contributed by atoms with E-state index in [-0.39, 0.29) is 17.5 Å². The molecule has 0 aliphatic carbocycles. The Morgan fingerprint density at radius 1 is 1.30 bits per heavy atom. The van der Waals surface area contributed by atoms with E-state index < -0.39 is 23.2 Å². The number of rotatable bonds is 4. The number of aromatic nitrogens is 1. The number of nitrogens with one attached hydrogen (secondary N) is 1. The normalized spacial score (nSPS) is 17.0. The molecule has 1 atom stereocenters. The number of ether oxygens (including phenoxy) is 2. The van der Waals surface area contributed by atoms with Gasteiger partial charge in [0.2, 0.25) is 5.88 Å². The van der Waals surface area contributed by atoms with E-state index in [2.05, 4.69) is 10.3 Å². The molecule has 1 aromatic heterocycles. The van der Waals surface area contributed by atoms with Crippen molar-refractivity contribution in [1.29, 1.82) is 0 Å². The minimum absolute atomic E-state index is 0.107. The summed E-state index contributed by atoms with van der Waals surface area (Å²) in [6.07, 6.45) is 2.04. The first-order valence-corrected chi connectivity index (χ1v) is 7.09. The summed E-state index contributed by atoms with van der Waals surface area (Å²) in [5.74, 6) is -2.06. The van der Waals surface area contributed by atoms with E-state index in [1.807, 2.05) is 0 Å². The molecular formula is C16H14F2N2O3. The third kappa shape index (κ3) is 3.62. The maximum atomic E-state index is 13.6. The molecule has 2 heterocycles. The van der Waals surface area contributed by atoms with Crippen LogP contribution < -0.4 is 10.1 Å². The van der Waals surface area contributed by atoms with Crippen molar-refractivity contribution in [3.05, 3.63) is 53.7 Å². The highest BCUT2D eigenvalue weighted by atomic mass is 19.1. The minimum Gasteiger partial charge on any atom is -0.472 e. The predicted molar refractivity (Wildman–Crippen MR) is 78.4 cm³/mol. The second kappa shape index (κ2) is 6.70. The van der Waals surface area contributed by atoms with Crippen LogP contribution in [-0.2, 0) is 4.74 Å². The molecule has 1 fully saturated rings. The number of carbonyl (C=O) groups excluding carboxylic acids is 1. The maximum absolute atomic E-state index is 13.6. The van der Waals surface area contributed by atoms with Crippen LogP contribution in [0.4, 0.5) is 14.5 Å². The monoisotopic (exact) mass is 320 g/mol. The summed E-state index contributed by atoms with van der Waals surface area (Å²) in [5, 5.41) is 2.22. The molecule has 0 radical (unpaired) electrons. The Balaban J connectivity index is 1.74. The van der Waals surface area contributed by atoms with Gasteiger partial charge in [-0.2, -0.15) is 0 Å². The molecule has 5 nitrogen and oxygen atoms in total. The number of anilines is 1. The fraction of sp³-hybridized carbons (Fsp3) is 0.250. The molecule has 0 unspecified atom stereocenters. The molecular weight excluding hydrogens is 306 g/mol. The summed E-state index contributed by atoms with van der Waals surface area (Å²) in [5.41, 5.74) is -0.294. The van der Waals surface area contributed by atoms with Gasteiger partial charge in [-0.3, -0.25) is 4.79 Å². The van der Waals surface area contributed by atoms with Crippen LogP contribution in [-0.4, -0.2) is 30.2 Å². The molecule has 2 aromatic rings. The van der Waals surface area contributed by atoms with Gasteiger partial charge < -0.3 is 14.8 Å². The molecule has 0 bridgehead atoms. The Morgan fingerprint density at radius 2 is 2.09 bits per heavy atom. The van der Waals surface area contributed by atoms with E-state index in [0.29, 0.717) is 13.2 Å². The van der Waals surface area contributed by atoms with E-state index in [1.165, 1.54) is 24.4 Å². The van der Waals surface area contributed by atoms with Gasteiger partial charge in [-0.05, 0) is 18.2 Å². The van der Waals surface area contributed by atoms with Gasteiger partial charge in [-0.15, -0.1) is 0 Å². The summed E-state index contributed by atoms with van der Waals surface area (Å²) in [7, 11) is 0. The molecule has 1 aromatic carbocycles. The van der Waals surface area contributed by atoms with Gasteiger partial charge >= 0.3 is 0 Å². The molecule has 0 spiro atoms. The zero-order chi connectivity index (χ0) is 16.2. The summed E-state index contributed by atoms with van der Waals surface area (Å²) in [6, 6.07) is 6.22. The maximum Gasteiger partial charge on any atom is 0.256 e.